The second-order valence-corrected chi connectivity index (χ2v) is 3.84. The molecule has 1 rings (SSSR count). The van der Waals surface area contributed by atoms with Gasteiger partial charge in [0.2, 0.25) is 5.75 Å². The zero-order chi connectivity index (χ0) is 14.4. The first-order valence-electron chi connectivity index (χ1n) is 5.58. The molecule has 0 bridgehead atoms. The molecule has 0 heterocycles. The number of nitrogens with two attached hydrogens (primary N) is 1. The molecule has 0 aliphatic carbocycles. The molecule has 0 radical (unpaired) electrons. The van der Waals surface area contributed by atoms with Gasteiger partial charge in [-0.25, -0.2) is 10.6 Å². The van der Waals surface area contributed by atoms with Crippen molar-refractivity contribution >= 4 is 6.03 Å². The molecule has 0 atom stereocenters. The van der Waals surface area contributed by atoms with Crippen molar-refractivity contribution in [1.82, 2.24) is 10.3 Å². The lowest BCUT2D eigenvalue weighted by atomic mass is 10.1. The molecule has 0 aromatic heterocycles. The van der Waals surface area contributed by atoms with Gasteiger partial charge in [-0.3, -0.25) is 5.43 Å². The van der Waals surface area contributed by atoms with E-state index in [0.717, 1.165) is 5.56 Å². The first-order valence-corrected chi connectivity index (χ1v) is 5.58. The van der Waals surface area contributed by atoms with Gasteiger partial charge in [-0.1, -0.05) is 0 Å². The predicted octanol–water partition coefficient (Wildman–Crippen LogP) is 0.727. The van der Waals surface area contributed by atoms with E-state index in [4.69, 9.17) is 20.1 Å². The van der Waals surface area contributed by atoms with Crippen molar-refractivity contribution in [3.63, 3.8) is 0 Å². The van der Waals surface area contributed by atoms with Crippen LogP contribution < -0.4 is 25.5 Å². The van der Waals surface area contributed by atoms with Gasteiger partial charge in [0, 0.05) is 13.6 Å². The van der Waals surface area contributed by atoms with Gasteiger partial charge in [-0.15, -0.1) is 0 Å². The zero-order valence-corrected chi connectivity index (χ0v) is 11.5. The number of ether oxygens (including phenoxy) is 3. The molecule has 2 amide bonds. The van der Waals surface area contributed by atoms with E-state index in [-0.39, 0.29) is 6.03 Å². The van der Waals surface area contributed by atoms with Gasteiger partial charge >= 0.3 is 6.03 Å². The Labute approximate surface area is 112 Å². The molecule has 0 aliphatic rings. The number of methoxy groups -OCH3 is 3. The van der Waals surface area contributed by atoms with Crippen molar-refractivity contribution in [3.05, 3.63) is 17.7 Å². The van der Waals surface area contributed by atoms with E-state index in [9.17, 15) is 4.79 Å². The van der Waals surface area contributed by atoms with Gasteiger partial charge in [0.25, 0.3) is 0 Å². The number of nitrogens with zero attached hydrogens (tertiary/aromatic N) is 1. The fourth-order valence-corrected chi connectivity index (χ4v) is 1.68. The minimum Gasteiger partial charge on any atom is -0.493 e. The van der Waals surface area contributed by atoms with Gasteiger partial charge in [0.1, 0.15) is 0 Å². The predicted molar refractivity (Wildman–Crippen MR) is 70.3 cm³/mol. The molecule has 7 nitrogen and oxygen atoms in total. The van der Waals surface area contributed by atoms with Crippen LogP contribution in [-0.4, -0.2) is 39.3 Å². The number of amides is 2. The summed E-state index contributed by atoms with van der Waals surface area (Å²) in [5.74, 6) is 6.67. The van der Waals surface area contributed by atoms with Gasteiger partial charge in [-0.05, 0) is 17.7 Å². The number of urea groups is 1. The summed E-state index contributed by atoms with van der Waals surface area (Å²) in [7, 11) is 6.24. The van der Waals surface area contributed by atoms with Crippen LogP contribution in [0.15, 0.2) is 12.1 Å². The third-order valence-corrected chi connectivity index (χ3v) is 2.61. The summed E-state index contributed by atoms with van der Waals surface area (Å²) < 4.78 is 15.7. The summed E-state index contributed by atoms with van der Waals surface area (Å²) in [6, 6.07) is 3.18. The maximum absolute atomic E-state index is 11.4. The number of benzene rings is 1. The SMILES string of the molecule is COc1cc(CN(C)C(=O)NN)cc(OC)c1OC. The summed E-state index contributed by atoms with van der Waals surface area (Å²) in [6.07, 6.45) is 0. The first-order chi connectivity index (χ1) is 9.07. The van der Waals surface area contributed by atoms with E-state index in [1.165, 1.54) is 26.2 Å². The Morgan fingerprint density at radius 1 is 1.21 bits per heavy atom. The number of carbonyl (C=O) groups excluding carboxylic acids is 1. The second kappa shape index (κ2) is 6.69. The van der Waals surface area contributed by atoms with Gasteiger partial charge in [0.15, 0.2) is 11.5 Å². The number of hydrogen-bond acceptors (Lipinski definition) is 5. The second-order valence-electron chi connectivity index (χ2n) is 3.84. The monoisotopic (exact) mass is 269 g/mol. The van der Waals surface area contributed by atoms with Gasteiger partial charge < -0.3 is 19.1 Å². The molecular weight excluding hydrogens is 250 g/mol. The Morgan fingerprint density at radius 2 is 1.74 bits per heavy atom. The van der Waals surface area contributed by atoms with Crippen LogP contribution >= 0.6 is 0 Å². The van der Waals surface area contributed by atoms with Crippen LogP contribution in [0.25, 0.3) is 0 Å². The molecule has 0 aliphatic heterocycles. The number of rotatable bonds is 5. The first kappa shape index (κ1) is 14.9. The molecule has 0 spiro atoms. The van der Waals surface area contributed by atoms with E-state index in [1.807, 2.05) is 0 Å². The average molecular weight is 269 g/mol. The lowest BCUT2D eigenvalue weighted by Gasteiger charge is -2.18. The summed E-state index contributed by atoms with van der Waals surface area (Å²) in [6.45, 7) is 0.361. The minimum atomic E-state index is -0.381. The quantitative estimate of drug-likeness (QED) is 0.467. The maximum Gasteiger partial charge on any atom is 0.331 e. The number of nitrogens with one attached hydrogen (secondary N) is 1. The highest BCUT2D eigenvalue weighted by molar-refractivity contribution is 5.73. The fraction of sp³-hybridized carbons (Fsp3) is 0.417. The highest BCUT2D eigenvalue weighted by Gasteiger charge is 2.15. The number of carbonyl (C=O) groups is 1. The van der Waals surface area contributed by atoms with E-state index in [0.29, 0.717) is 23.8 Å². The van der Waals surface area contributed by atoms with Crippen LogP contribution in [0.5, 0.6) is 17.2 Å². The van der Waals surface area contributed by atoms with E-state index >= 15 is 0 Å². The topological polar surface area (TPSA) is 86.1 Å². The van der Waals surface area contributed by atoms with Crippen molar-refractivity contribution in [2.45, 2.75) is 6.54 Å². The number of hydrogen-bond donors (Lipinski definition) is 2. The zero-order valence-electron chi connectivity index (χ0n) is 11.5. The molecule has 106 valence electrons. The number of hydrazine groups is 1. The minimum absolute atomic E-state index is 0.361. The highest BCUT2D eigenvalue weighted by atomic mass is 16.5. The molecular formula is C12H19N3O4. The van der Waals surface area contributed by atoms with Crippen molar-refractivity contribution < 1.29 is 19.0 Å². The normalized spacial score (nSPS) is 9.74. The lowest BCUT2D eigenvalue weighted by molar-refractivity contribution is 0.207. The smallest absolute Gasteiger partial charge is 0.331 e. The van der Waals surface area contributed by atoms with Crippen LogP contribution in [0.4, 0.5) is 4.79 Å². The standard InChI is InChI=1S/C12H19N3O4/c1-15(12(16)14-13)7-8-5-9(17-2)11(19-4)10(6-8)18-3/h5-6H,7,13H2,1-4H3,(H,14,16). The van der Waals surface area contributed by atoms with Crippen LogP contribution in [0.1, 0.15) is 5.56 Å². The molecule has 0 fully saturated rings. The van der Waals surface area contributed by atoms with E-state index in [2.05, 4.69) is 5.43 Å². The van der Waals surface area contributed by atoms with Crippen LogP contribution in [-0.2, 0) is 6.54 Å². The van der Waals surface area contributed by atoms with Gasteiger partial charge in [-0.2, -0.15) is 0 Å². The van der Waals surface area contributed by atoms with Crippen molar-refractivity contribution in [2.75, 3.05) is 28.4 Å². The van der Waals surface area contributed by atoms with Crippen LogP contribution in [0, 0.1) is 0 Å². The lowest BCUT2D eigenvalue weighted by Crippen LogP contribution is -2.40. The molecule has 0 saturated carbocycles. The Morgan fingerprint density at radius 3 is 2.11 bits per heavy atom. The van der Waals surface area contributed by atoms with E-state index in [1.54, 1.807) is 19.2 Å². The molecule has 1 aromatic rings. The van der Waals surface area contributed by atoms with Gasteiger partial charge in [0.05, 0.1) is 21.3 Å². The molecule has 3 N–H and O–H groups in total. The third-order valence-electron chi connectivity index (χ3n) is 2.61. The molecule has 1 aromatic carbocycles. The molecule has 7 heteroatoms. The summed E-state index contributed by atoms with van der Waals surface area (Å²) >= 11 is 0. The van der Waals surface area contributed by atoms with Crippen molar-refractivity contribution in [1.29, 1.82) is 0 Å². The maximum atomic E-state index is 11.4. The summed E-state index contributed by atoms with van der Waals surface area (Å²) in [5, 5.41) is 0. The molecule has 19 heavy (non-hydrogen) atoms. The van der Waals surface area contributed by atoms with Crippen molar-refractivity contribution in [3.8, 4) is 17.2 Å². The van der Waals surface area contributed by atoms with Crippen LogP contribution in [0.3, 0.4) is 0 Å². The Bertz CT molecular complexity index is 426. The molecule has 0 saturated heterocycles. The third kappa shape index (κ3) is 3.41. The Balaban J connectivity index is 3.06. The largest absolute Gasteiger partial charge is 0.493 e. The van der Waals surface area contributed by atoms with Crippen LogP contribution in [0.2, 0.25) is 0 Å². The molecule has 0 unspecified atom stereocenters. The Kier molecular flexibility index (Phi) is 5.25. The fourth-order valence-electron chi connectivity index (χ4n) is 1.68. The van der Waals surface area contributed by atoms with E-state index < -0.39 is 0 Å². The summed E-state index contributed by atoms with van der Waals surface area (Å²) in [4.78, 5) is 12.8. The Hall–Kier alpha value is -2.15. The summed E-state index contributed by atoms with van der Waals surface area (Å²) in [5.41, 5.74) is 2.90. The highest BCUT2D eigenvalue weighted by Crippen LogP contribution is 2.38. The average Bonchev–Trinajstić information content (AvgIpc) is 2.44. The van der Waals surface area contributed by atoms with Crippen molar-refractivity contribution in [2.24, 2.45) is 5.84 Å².